The lowest BCUT2D eigenvalue weighted by atomic mass is 9.86. The van der Waals surface area contributed by atoms with E-state index in [1.54, 1.807) is 6.08 Å². The third-order valence-electron chi connectivity index (χ3n) is 2.70. The van der Waals surface area contributed by atoms with Crippen LogP contribution in [0, 0.1) is 11.8 Å². The molecule has 2 atom stereocenters. The average molecular weight is 181 g/mol. The van der Waals surface area contributed by atoms with Gasteiger partial charge in [-0.25, -0.2) is 0 Å². The zero-order valence-electron chi connectivity index (χ0n) is 7.14. The highest BCUT2D eigenvalue weighted by atomic mass is 16.3. The Balaban J connectivity index is 2.30. The number of nitrogens with zero attached hydrogens (tertiary/aromatic N) is 1. The Hall–Kier alpha value is -1.16. The Morgan fingerprint density at radius 1 is 1.46 bits per heavy atom. The second-order valence-electron chi connectivity index (χ2n) is 3.38. The lowest BCUT2D eigenvalue weighted by molar-refractivity contribution is -0.143. The molecule has 4 heteroatoms. The van der Waals surface area contributed by atoms with Gasteiger partial charge >= 0.3 is 0 Å². The second-order valence-corrected chi connectivity index (χ2v) is 3.38. The van der Waals surface area contributed by atoms with Crippen LogP contribution in [0.2, 0.25) is 0 Å². The van der Waals surface area contributed by atoms with Gasteiger partial charge in [0.05, 0.1) is 11.8 Å². The molecule has 0 saturated carbocycles. The van der Waals surface area contributed by atoms with E-state index in [0.717, 1.165) is 17.7 Å². The molecule has 2 rings (SSSR count). The Bertz CT molecular complexity index is 285. The molecule has 1 fully saturated rings. The number of allylic oxidation sites excluding steroid dienone is 1. The summed E-state index contributed by atoms with van der Waals surface area (Å²) in [7, 11) is 0. The van der Waals surface area contributed by atoms with Crippen LogP contribution in [-0.4, -0.2) is 28.6 Å². The molecule has 0 aromatic heterocycles. The molecule has 0 radical (unpaired) electrons. The van der Waals surface area contributed by atoms with Crippen molar-refractivity contribution in [3.05, 3.63) is 12.2 Å². The summed E-state index contributed by atoms with van der Waals surface area (Å²) >= 11 is 0. The van der Waals surface area contributed by atoms with E-state index in [1.165, 1.54) is 0 Å². The van der Waals surface area contributed by atoms with Gasteiger partial charge < -0.3 is 5.11 Å². The zero-order valence-corrected chi connectivity index (χ0v) is 7.14. The predicted octanol–water partition coefficient (Wildman–Crippen LogP) is -0.113. The van der Waals surface area contributed by atoms with Gasteiger partial charge in [-0.3, -0.25) is 14.5 Å². The molecule has 0 aromatic carbocycles. The van der Waals surface area contributed by atoms with Gasteiger partial charge in [-0.05, 0) is 12.8 Å². The largest absolute Gasteiger partial charge is 0.376 e. The van der Waals surface area contributed by atoms with Crippen LogP contribution in [0.5, 0.6) is 0 Å². The topological polar surface area (TPSA) is 57.6 Å². The number of fused-ring (bicyclic) bond motifs is 1. The Morgan fingerprint density at radius 2 is 2.23 bits per heavy atom. The van der Waals surface area contributed by atoms with E-state index in [1.807, 2.05) is 6.08 Å². The van der Waals surface area contributed by atoms with Crippen molar-refractivity contribution < 1.29 is 14.7 Å². The van der Waals surface area contributed by atoms with Crippen LogP contribution in [0.4, 0.5) is 0 Å². The minimum Gasteiger partial charge on any atom is -0.376 e. The Kier molecular flexibility index (Phi) is 1.92. The lowest BCUT2D eigenvalue weighted by Gasteiger charge is -2.14. The molecule has 1 N–H and O–H groups in total. The summed E-state index contributed by atoms with van der Waals surface area (Å²) in [6.07, 6.45) is 5.28. The van der Waals surface area contributed by atoms with Gasteiger partial charge in [0.15, 0.2) is 0 Å². The Labute approximate surface area is 75.8 Å². The van der Waals surface area contributed by atoms with Crippen molar-refractivity contribution in [2.24, 2.45) is 11.8 Å². The fourth-order valence-corrected chi connectivity index (χ4v) is 1.99. The fraction of sp³-hybridized carbons (Fsp3) is 0.556. The van der Waals surface area contributed by atoms with E-state index < -0.39 is 6.73 Å². The van der Waals surface area contributed by atoms with Crippen LogP contribution in [0.1, 0.15) is 12.8 Å². The maximum atomic E-state index is 11.5. The zero-order chi connectivity index (χ0) is 9.42. The molecule has 1 saturated heterocycles. The molecular weight excluding hydrogens is 170 g/mol. The second kappa shape index (κ2) is 2.96. The van der Waals surface area contributed by atoms with E-state index in [0.29, 0.717) is 0 Å². The van der Waals surface area contributed by atoms with E-state index in [-0.39, 0.29) is 23.7 Å². The summed E-state index contributed by atoms with van der Waals surface area (Å²) in [6.45, 7) is -0.488. The molecule has 0 spiro atoms. The third kappa shape index (κ3) is 1.09. The van der Waals surface area contributed by atoms with Gasteiger partial charge in [0.1, 0.15) is 6.73 Å². The average Bonchev–Trinajstić information content (AvgIpc) is 2.41. The smallest absolute Gasteiger partial charge is 0.238 e. The number of imide groups is 1. The maximum absolute atomic E-state index is 11.5. The summed E-state index contributed by atoms with van der Waals surface area (Å²) in [5.74, 6) is -1.01. The number of carbonyl (C=O) groups is 2. The summed E-state index contributed by atoms with van der Waals surface area (Å²) < 4.78 is 0. The number of aliphatic hydroxyl groups is 1. The molecule has 2 aliphatic rings. The van der Waals surface area contributed by atoms with Crippen LogP contribution >= 0.6 is 0 Å². The number of rotatable bonds is 1. The molecule has 4 nitrogen and oxygen atoms in total. The maximum Gasteiger partial charge on any atom is 0.238 e. The summed E-state index contributed by atoms with van der Waals surface area (Å²) in [5.41, 5.74) is 0. The first kappa shape index (κ1) is 8.44. The van der Waals surface area contributed by atoms with Crippen LogP contribution < -0.4 is 0 Å². The number of carbonyl (C=O) groups excluding carboxylic acids is 2. The normalized spacial score (nSPS) is 32.5. The van der Waals surface area contributed by atoms with Crippen molar-refractivity contribution in [3.8, 4) is 0 Å². The summed E-state index contributed by atoms with van der Waals surface area (Å²) in [4.78, 5) is 23.9. The predicted molar refractivity (Wildman–Crippen MR) is 44.3 cm³/mol. The minimum atomic E-state index is -0.488. The van der Waals surface area contributed by atoms with E-state index >= 15 is 0 Å². The van der Waals surface area contributed by atoms with Crippen LogP contribution in [0.3, 0.4) is 0 Å². The number of hydrogen-bond donors (Lipinski definition) is 1. The van der Waals surface area contributed by atoms with Gasteiger partial charge in [-0.1, -0.05) is 12.2 Å². The molecule has 1 aliphatic carbocycles. The van der Waals surface area contributed by atoms with Crippen LogP contribution in [0.15, 0.2) is 12.2 Å². The van der Waals surface area contributed by atoms with Crippen molar-refractivity contribution in [1.82, 2.24) is 4.90 Å². The Morgan fingerprint density at radius 3 is 2.85 bits per heavy atom. The lowest BCUT2D eigenvalue weighted by Crippen LogP contribution is -2.31. The molecular formula is C9H11NO3. The van der Waals surface area contributed by atoms with E-state index in [2.05, 4.69) is 0 Å². The highest BCUT2D eigenvalue weighted by Gasteiger charge is 2.46. The fourth-order valence-electron chi connectivity index (χ4n) is 1.99. The van der Waals surface area contributed by atoms with Gasteiger partial charge in [0.25, 0.3) is 0 Å². The quantitative estimate of drug-likeness (QED) is 0.453. The van der Waals surface area contributed by atoms with Crippen molar-refractivity contribution in [3.63, 3.8) is 0 Å². The first-order valence-electron chi connectivity index (χ1n) is 4.38. The van der Waals surface area contributed by atoms with Gasteiger partial charge in [-0.15, -0.1) is 0 Å². The highest BCUT2D eigenvalue weighted by Crippen LogP contribution is 2.33. The van der Waals surface area contributed by atoms with Gasteiger partial charge in [0, 0.05) is 0 Å². The molecule has 2 unspecified atom stereocenters. The number of likely N-dealkylation sites (tertiary alicyclic amines) is 1. The van der Waals surface area contributed by atoms with Crippen LogP contribution in [-0.2, 0) is 9.59 Å². The monoisotopic (exact) mass is 181 g/mol. The minimum absolute atomic E-state index is 0.218. The molecule has 0 bridgehead atoms. The van der Waals surface area contributed by atoms with Gasteiger partial charge in [-0.2, -0.15) is 0 Å². The molecule has 2 amide bonds. The van der Waals surface area contributed by atoms with Crippen molar-refractivity contribution >= 4 is 11.8 Å². The molecule has 0 aromatic rings. The highest BCUT2D eigenvalue weighted by molar-refractivity contribution is 6.06. The van der Waals surface area contributed by atoms with E-state index in [4.69, 9.17) is 5.11 Å². The molecule has 1 aliphatic heterocycles. The first-order valence-corrected chi connectivity index (χ1v) is 4.38. The molecule has 70 valence electrons. The number of aliphatic hydroxyl groups excluding tert-OH is 1. The molecule has 13 heavy (non-hydrogen) atoms. The number of amides is 2. The SMILES string of the molecule is O=C1C2C=CCCC2C(=O)N1CO. The summed E-state index contributed by atoms with van der Waals surface area (Å²) in [5, 5.41) is 8.81. The standard InChI is InChI=1S/C9H11NO3/c11-5-10-8(12)6-3-1-2-4-7(6)9(10)13/h1,3,6-7,11H,2,4-5H2. The van der Waals surface area contributed by atoms with Crippen molar-refractivity contribution in [2.45, 2.75) is 12.8 Å². The summed E-state index contributed by atoms with van der Waals surface area (Å²) in [6, 6.07) is 0. The van der Waals surface area contributed by atoms with E-state index in [9.17, 15) is 9.59 Å². The van der Waals surface area contributed by atoms with Crippen molar-refractivity contribution in [1.29, 1.82) is 0 Å². The molecule has 1 heterocycles. The third-order valence-corrected chi connectivity index (χ3v) is 2.70. The van der Waals surface area contributed by atoms with Gasteiger partial charge in [0.2, 0.25) is 11.8 Å². The van der Waals surface area contributed by atoms with Crippen LogP contribution in [0.25, 0.3) is 0 Å². The first-order chi connectivity index (χ1) is 6.25. The number of hydrogen-bond acceptors (Lipinski definition) is 3. The van der Waals surface area contributed by atoms with Crippen molar-refractivity contribution in [2.75, 3.05) is 6.73 Å².